The number of sulfonamides is 1. The highest BCUT2D eigenvalue weighted by Gasteiger charge is 2.28. The van der Waals surface area contributed by atoms with Gasteiger partial charge in [-0.2, -0.15) is 0 Å². The third kappa shape index (κ3) is 3.58. The number of nitrogens with one attached hydrogen (secondary N) is 1. The summed E-state index contributed by atoms with van der Waals surface area (Å²) >= 11 is 0. The number of ether oxygens (including phenoxy) is 2. The Morgan fingerprint density at radius 2 is 1.85 bits per heavy atom. The summed E-state index contributed by atoms with van der Waals surface area (Å²) < 4.78 is 44.7. The Bertz CT molecular complexity index is 844. The summed E-state index contributed by atoms with van der Waals surface area (Å²) in [4.78, 5) is 2.42. The Morgan fingerprint density at radius 1 is 1.08 bits per heavy atom. The molecule has 4 rings (SSSR count). The molecule has 140 valence electrons. The van der Waals surface area contributed by atoms with Gasteiger partial charge >= 0.3 is 0 Å². The largest absolute Gasteiger partial charge is 0.486 e. The van der Waals surface area contributed by atoms with E-state index in [1.807, 2.05) is 12.1 Å². The van der Waals surface area contributed by atoms with Crippen LogP contribution < -0.4 is 14.2 Å². The topological polar surface area (TPSA) is 81.0 Å². The van der Waals surface area contributed by atoms with Gasteiger partial charge in [-0.15, -0.1) is 0 Å². The monoisotopic (exact) mass is 378 g/mol. The number of furan rings is 1. The van der Waals surface area contributed by atoms with Gasteiger partial charge in [-0.1, -0.05) is 0 Å². The highest BCUT2D eigenvalue weighted by atomic mass is 32.2. The van der Waals surface area contributed by atoms with E-state index in [2.05, 4.69) is 9.62 Å². The summed E-state index contributed by atoms with van der Waals surface area (Å²) in [5, 5.41) is 0. The van der Waals surface area contributed by atoms with Crippen LogP contribution in [0, 0.1) is 0 Å². The molecule has 7 nitrogen and oxygen atoms in total. The molecule has 0 saturated carbocycles. The van der Waals surface area contributed by atoms with Crippen molar-refractivity contribution in [3.63, 3.8) is 0 Å². The molecule has 0 amide bonds. The first-order chi connectivity index (χ1) is 12.6. The number of fused-ring (bicyclic) bond motifs is 1. The Balaban J connectivity index is 1.51. The van der Waals surface area contributed by atoms with Gasteiger partial charge < -0.3 is 13.9 Å². The molecule has 8 heteroatoms. The van der Waals surface area contributed by atoms with Gasteiger partial charge in [0, 0.05) is 12.6 Å². The maximum Gasteiger partial charge on any atom is 0.240 e. The van der Waals surface area contributed by atoms with E-state index in [9.17, 15) is 8.42 Å². The Labute approximate surface area is 152 Å². The summed E-state index contributed by atoms with van der Waals surface area (Å²) in [6.45, 7) is 3.02. The van der Waals surface area contributed by atoms with Gasteiger partial charge in [0.25, 0.3) is 0 Å². The van der Waals surface area contributed by atoms with Crippen molar-refractivity contribution in [2.24, 2.45) is 0 Å². The molecule has 2 aliphatic heterocycles. The van der Waals surface area contributed by atoms with Crippen LogP contribution in [0.2, 0.25) is 0 Å². The van der Waals surface area contributed by atoms with Crippen LogP contribution in [0.3, 0.4) is 0 Å². The average Bonchev–Trinajstić information content (AvgIpc) is 3.36. The fraction of sp³-hybridized carbons (Fsp3) is 0.444. The van der Waals surface area contributed by atoms with Crippen LogP contribution in [0.4, 0.5) is 0 Å². The van der Waals surface area contributed by atoms with Crippen LogP contribution in [0.15, 0.2) is 45.9 Å². The molecule has 1 unspecified atom stereocenters. The predicted octanol–water partition coefficient (Wildman–Crippen LogP) is 2.17. The summed E-state index contributed by atoms with van der Waals surface area (Å²) in [7, 11) is -3.66. The minimum atomic E-state index is -3.66. The lowest BCUT2D eigenvalue weighted by Gasteiger charge is -2.26. The van der Waals surface area contributed by atoms with Crippen molar-refractivity contribution >= 4 is 10.0 Å². The average molecular weight is 378 g/mol. The number of hydrogen-bond acceptors (Lipinski definition) is 6. The molecular weight excluding hydrogens is 356 g/mol. The Hall–Kier alpha value is -2.03. The molecule has 0 bridgehead atoms. The zero-order chi connectivity index (χ0) is 18.0. The second kappa shape index (κ2) is 7.30. The van der Waals surface area contributed by atoms with Crippen molar-refractivity contribution in [1.29, 1.82) is 0 Å². The van der Waals surface area contributed by atoms with E-state index >= 15 is 0 Å². The first kappa shape index (κ1) is 17.4. The maximum absolute atomic E-state index is 12.8. The van der Waals surface area contributed by atoms with Crippen LogP contribution in [0.5, 0.6) is 11.5 Å². The lowest BCUT2D eigenvalue weighted by molar-refractivity contribution is 0.171. The van der Waals surface area contributed by atoms with E-state index in [0.717, 1.165) is 31.7 Å². The quantitative estimate of drug-likeness (QED) is 0.830. The summed E-state index contributed by atoms with van der Waals surface area (Å²) in [5.74, 6) is 1.80. The molecule has 2 aromatic rings. The number of hydrogen-bond donors (Lipinski definition) is 1. The molecule has 1 N–H and O–H groups in total. The van der Waals surface area contributed by atoms with Gasteiger partial charge in [-0.05, 0) is 50.2 Å². The highest BCUT2D eigenvalue weighted by molar-refractivity contribution is 7.89. The van der Waals surface area contributed by atoms with Gasteiger partial charge in [-0.25, -0.2) is 13.1 Å². The lowest BCUT2D eigenvalue weighted by Crippen LogP contribution is -2.36. The van der Waals surface area contributed by atoms with Gasteiger partial charge in [0.1, 0.15) is 19.0 Å². The number of rotatable bonds is 6. The van der Waals surface area contributed by atoms with Crippen LogP contribution >= 0.6 is 0 Å². The molecule has 1 saturated heterocycles. The van der Waals surface area contributed by atoms with Crippen LogP contribution in [0.1, 0.15) is 24.6 Å². The normalized spacial score (nSPS) is 18.8. The molecule has 0 radical (unpaired) electrons. The van der Waals surface area contributed by atoms with Gasteiger partial charge in [0.2, 0.25) is 10.0 Å². The second-order valence-corrected chi connectivity index (χ2v) is 8.20. The zero-order valence-corrected chi connectivity index (χ0v) is 15.2. The standard InChI is InChI=1S/C18H22N2O5S/c21-26(22,14-5-6-17-18(12-14)25-11-10-24-17)19-13-15(16-4-3-9-23-16)20-7-1-2-8-20/h3-6,9,12,15,19H,1-2,7-8,10-11,13H2. The third-order valence-corrected chi connectivity index (χ3v) is 6.16. The first-order valence-corrected chi connectivity index (χ1v) is 10.3. The second-order valence-electron chi connectivity index (χ2n) is 6.43. The fourth-order valence-corrected chi connectivity index (χ4v) is 4.46. The van der Waals surface area contributed by atoms with Crippen LogP contribution in [-0.2, 0) is 10.0 Å². The molecule has 1 aromatic heterocycles. The Kier molecular flexibility index (Phi) is 4.88. The van der Waals surface area contributed by atoms with Crippen molar-refractivity contribution in [1.82, 2.24) is 9.62 Å². The van der Waals surface area contributed by atoms with E-state index in [-0.39, 0.29) is 17.5 Å². The SMILES string of the molecule is O=S(=O)(NCC(c1ccco1)N1CCCC1)c1ccc2c(c1)OCCO2. The van der Waals surface area contributed by atoms with Crippen LogP contribution in [-0.4, -0.2) is 46.2 Å². The number of nitrogens with zero attached hydrogens (tertiary/aromatic N) is 1. The minimum Gasteiger partial charge on any atom is -0.486 e. The molecule has 1 aromatic carbocycles. The van der Waals surface area contributed by atoms with E-state index < -0.39 is 10.0 Å². The molecule has 3 heterocycles. The lowest BCUT2D eigenvalue weighted by atomic mass is 10.2. The molecule has 2 aliphatic rings. The summed E-state index contributed by atoms with van der Waals surface area (Å²) in [6, 6.07) is 8.28. The van der Waals surface area contributed by atoms with Crippen molar-refractivity contribution in [2.75, 3.05) is 32.8 Å². The molecule has 0 spiro atoms. The minimum absolute atomic E-state index is 0.112. The van der Waals surface area contributed by atoms with E-state index in [4.69, 9.17) is 13.9 Å². The van der Waals surface area contributed by atoms with Gasteiger partial charge in [-0.3, -0.25) is 4.90 Å². The first-order valence-electron chi connectivity index (χ1n) is 8.80. The molecule has 26 heavy (non-hydrogen) atoms. The highest BCUT2D eigenvalue weighted by Crippen LogP contribution is 2.32. The number of likely N-dealkylation sites (tertiary alicyclic amines) is 1. The van der Waals surface area contributed by atoms with E-state index in [1.165, 1.54) is 12.1 Å². The van der Waals surface area contributed by atoms with Crippen molar-refractivity contribution in [3.05, 3.63) is 42.4 Å². The molecular formula is C18H22N2O5S. The van der Waals surface area contributed by atoms with Gasteiger partial charge in [0.15, 0.2) is 11.5 Å². The van der Waals surface area contributed by atoms with Crippen molar-refractivity contribution in [3.8, 4) is 11.5 Å². The summed E-state index contributed by atoms with van der Waals surface area (Å²) in [6.07, 6.45) is 3.85. The van der Waals surface area contributed by atoms with E-state index in [0.29, 0.717) is 24.7 Å². The molecule has 1 fully saturated rings. The third-order valence-electron chi connectivity index (χ3n) is 4.74. The molecule has 1 atom stereocenters. The number of benzene rings is 1. The smallest absolute Gasteiger partial charge is 0.240 e. The summed E-state index contributed by atoms with van der Waals surface area (Å²) in [5.41, 5.74) is 0. The zero-order valence-electron chi connectivity index (χ0n) is 14.4. The predicted molar refractivity (Wildman–Crippen MR) is 94.9 cm³/mol. The maximum atomic E-state index is 12.8. The van der Waals surface area contributed by atoms with Crippen molar-refractivity contribution < 1.29 is 22.3 Å². The fourth-order valence-electron chi connectivity index (χ4n) is 3.41. The van der Waals surface area contributed by atoms with Gasteiger partial charge in [0.05, 0.1) is 17.2 Å². The van der Waals surface area contributed by atoms with E-state index in [1.54, 1.807) is 12.3 Å². The molecule has 0 aliphatic carbocycles. The van der Waals surface area contributed by atoms with Crippen LogP contribution in [0.25, 0.3) is 0 Å². The Morgan fingerprint density at radius 3 is 2.58 bits per heavy atom. The van der Waals surface area contributed by atoms with Crippen molar-refractivity contribution in [2.45, 2.75) is 23.8 Å².